The molecule has 1 aromatic carbocycles. The van der Waals surface area contributed by atoms with Gasteiger partial charge in [-0.05, 0) is 30.5 Å². The molecule has 2 aliphatic heterocycles. The number of benzene rings is 1. The molecular weight excluding hydrogens is 214 g/mol. The number of ether oxygens (including phenoxy) is 1. The van der Waals surface area contributed by atoms with Gasteiger partial charge < -0.3 is 9.64 Å². The smallest absolute Gasteiger partial charge is 0.223 e. The maximum Gasteiger partial charge on any atom is 0.223 e. The number of hydrogen-bond donors (Lipinski definition) is 0. The molecule has 17 heavy (non-hydrogen) atoms. The van der Waals surface area contributed by atoms with E-state index in [1.54, 1.807) is 7.11 Å². The van der Waals surface area contributed by atoms with Crippen LogP contribution in [0.5, 0.6) is 5.75 Å². The van der Waals surface area contributed by atoms with E-state index < -0.39 is 0 Å². The van der Waals surface area contributed by atoms with Crippen LogP contribution in [0.1, 0.15) is 30.7 Å². The van der Waals surface area contributed by atoms with E-state index in [0.29, 0.717) is 24.3 Å². The molecule has 2 saturated heterocycles. The van der Waals surface area contributed by atoms with Gasteiger partial charge in [0.15, 0.2) is 0 Å². The fourth-order valence-corrected chi connectivity index (χ4v) is 3.15. The summed E-state index contributed by atoms with van der Waals surface area (Å²) >= 11 is 0. The summed E-state index contributed by atoms with van der Waals surface area (Å²) in [4.78, 5) is 13.9. The van der Waals surface area contributed by atoms with Gasteiger partial charge in [-0.25, -0.2) is 0 Å². The zero-order chi connectivity index (χ0) is 11.8. The van der Waals surface area contributed by atoms with Crippen molar-refractivity contribution in [2.45, 2.75) is 31.2 Å². The van der Waals surface area contributed by atoms with E-state index in [-0.39, 0.29) is 0 Å². The number of amides is 1. The number of rotatable bonds is 2. The fourth-order valence-electron chi connectivity index (χ4n) is 3.15. The highest BCUT2D eigenvalue weighted by molar-refractivity contribution is 5.81. The van der Waals surface area contributed by atoms with Crippen molar-refractivity contribution in [3.63, 3.8) is 0 Å². The second-order valence-corrected chi connectivity index (χ2v) is 4.88. The van der Waals surface area contributed by atoms with Gasteiger partial charge in [0.2, 0.25) is 5.91 Å². The van der Waals surface area contributed by atoms with Crippen molar-refractivity contribution >= 4 is 5.91 Å². The molecule has 0 radical (unpaired) electrons. The summed E-state index contributed by atoms with van der Waals surface area (Å²) < 4.78 is 5.16. The standard InChI is InChI=1S/C14H17NO2/c1-17-11-6-4-10(5-7-11)12-9-14(16)15-8-2-3-13(12)15/h4-7,12-13H,2-3,8-9H2,1H3/t12-,13+/m1/s1. The number of fused-ring (bicyclic) bond motifs is 1. The molecule has 90 valence electrons. The first kappa shape index (κ1) is 10.6. The normalized spacial score (nSPS) is 27.4. The molecular formula is C14H17NO2. The van der Waals surface area contributed by atoms with Crippen molar-refractivity contribution in [3.05, 3.63) is 29.8 Å². The topological polar surface area (TPSA) is 29.5 Å². The lowest BCUT2D eigenvalue weighted by Crippen LogP contribution is -2.28. The van der Waals surface area contributed by atoms with E-state index in [0.717, 1.165) is 25.1 Å². The highest BCUT2D eigenvalue weighted by Crippen LogP contribution is 2.40. The maximum absolute atomic E-state index is 11.9. The second-order valence-electron chi connectivity index (χ2n) is 4.88. The third kappa shape index (κ3) is 1.70. The van der Waals surface area contributed by atoms with Crippen LogP contribution in [-0.4, -0.2) is 30.5 Å². The summed E-state index contributed by atoms with van der Waals surface area (Å²) in [7, 11) is 1.67. The SMILES string of the molecule is COc1ccc([C@H]2CC(=O)N3CCC[C@@H]23)cc1. The Morgan fingerprint density at radius 1 is 1.29 bits per heavy atom. The predicted molar refractivity (Wildman–Crippen MR) is 65.1 cm³/mol. The zero-order valence-electron chi connectivity index (χ0n) is 10.1. The number of methoxy groups -OCH3 is 1. The molecule has 2 atom stereocenters. The van der Waals surface area contributed by atoms with Crippen molar-refractivity contribution in [3.8, 4) is 5.75 Å². The molecule has 0 unspecified atom stereocenters. The van der Waals surface area contributed by atoms with Gasteiger partial charge >= 0.3 is 0 Å². The van der Waals surface area contributed by atoms with Crippen LogP contribution >= 0.6 is 0 Å². The minimum atomic E-state index is 0.327. The number of carbonyl (C=O) groups is 1. The molecule has 0 aromatic heterocycles. The molecule has 2 aliphatic rings. The predicted octanol–water partition coefficient (Wildman–Crippen LogP) is 2.17. The summed E-state index contributed by atoms with van der Waals surface area (Å²) in [6.45, 7) is 0.955. The molecule has 3 heteroatoms. The molecule has 2 heterocycles. The molecule has 0 saturated carbocycles. The molecule has 1 amide bonds. The van der Waals surface area contributed by atoms with Crippen LogP contribution in [0, 0.1) is 0 Å². The minimum Gasteiger partial charge on any atom is -0.497 e. The van der Waals surface area contributed by atoms with Crippen molar-refractivity contribution in [2.24, 2.45) is 0 Å². The lowest BCUT2D eigenvalue weighted by atomic mass is 9.90. The Bertz CT molecular complexity index is 426. The van der Waals surface area contributed by atoms with Gasteiger partial charge in [0.1, 0.15) is 5.75 Å². The molecule has 3 rings (SSSR count). The summed E-state index contributed by atoms with van der Waals surface area (Å²) in [5.74, 6) is 1.59. The minimum absolute atomic E-state index is 0.327. The van der Waals surface area contributed by atoms with E-state index in [9.17, 15) is 4.79 Å². The first-order chi connectivity index (χ1) is 8.29. The van der Waals surface area contributed by atoms with Gasteiger partial charge in [-0.1, -0.05) is 12.1 Å². The molecule has 0 bridgehead atoms. The molecule has 1 aromatic rings. The summed E-state index contributed by atoms with van der Waals surface area (Å²) in [6.07, 6.45) is 2.99. The Labute approximate surface area is 101 Å². The zero-order valence-corrected chi connectivity index (χ0v) is 10.1. The highest BCUT2D eigenvalue weighted by Gasteiger charge is 2.42. The van der Waals surface area contributed by atoms with Crippen molar-refractivity contribution in [1.82, 2.24) is 4.90 Å². The van der Waals surface area contributed by atoms with Gasteiger partial charge in [0.25, 0.3) is 0 Å². The first-order valence-corrected chi connectivity index (χ1v) is 6.23. The van der Waals surface area contributed by atoms with Crippen LogP contribution in [-0.2, 0) is 4.79 Å². The quantitative estimate of drug-likeness (QED) is 0.780. The van der Waals surface area contributed by atoms with Crippen LogP contribution in [0.25, 0.3) is 0 Å². The van der Waals surface area contributed by atoms with Crippen LogP contribution in [0.4, 0.5) is 0 Å². The Hall–Kier alpha value is -1.51. The summed E-state index contributed by atoms with van der Waals surface area (Å²) in [5, 5.41) is 0. The summed E-state index contributed by atoms with van der Waals surface area (Å²) in [5.41, 5.74) is 1.27. The largest absolute Gasteiger partial charge is 0.497 e. The Kier molecular flexibility index (Phi) is 2.54. The molecule has 0 aliphatic carbocycles. The Morgan fingerprint density at radius 2 is 2.06 bits per heavy atom. The molecule has 0 N–H and O–H groups in total. The van der Waals surface area contributed by atoms with Gasteiger partial charge in [-0.2, -0.15) is 0 Å². The third-order valence-electron chi connectivity index (χ3n) is 4.02. The number of hydrogen-bond acceptors (Lipinski definition) is 2. The van der Waals surface area contributed by atoms with Crippen LogP contribution < -0.4 is 4.74 Å². The highest BCUT2D eigenvalue weighted by atomic mass is 16.5. The Balaban J connectivity index is 1.86. The number of carbonyl (C=O) groups excluding carboxylic acids is 1. The van der Waals surface area contributed by atoms with Crippen LogP contribution in [0.2, 0.25) is 0 Å². The van der Waals surface area contributed by atoms with E-state index in [1.165, 1.54) is 5.56 Å². The van der Waals surface area contributed by atoms with Crippen LogP contribution in [0.3, 0.4) is 0 Å². The van der Waals surface area contributed by atoms with Crippen molar-refractivity contribution in [2.75, 3.05) is 13.7 Å². The Morgan fingerprint density at radius 3 is 2.76 bits per heavy atom. The van der Waals surface area contributed by atoms with Gasteiger partial charge in [0, 0.05) is 24.9 Å². The first-order valence-electron chi connectivity index (χ1n) is 6.23. The average molecular weight is 231 g/mol. The van der Waals surface area contributed by atoms with Crippen molar-refractivity contribution in [1.29, 1.82) is 0 Å². The third-order valence-corrected chi connectivity index (χ3v) is 4.02. The lowest BCUT2D eigenvalue weighted by Gasteiger charge is -2.20. The van der Waals surface area contributed by atoms with Crippen LogP contribution in [0.15, 0.2) is 24.3 Å². The average Bonchev–Trinajstić information content (AvgIpc) is 2.94. The van der Waals surface area contributed by atoms with Gasteiger partial charge in [-0.3, -0.25) is 4.79 Å². The number of nitrogens with zero attached hydrogens (tertiary/aromatic N) is 1. The van der Waals surface area contributed by atoms with Crippen molar-refractivity contribution < 1.29 is 9.53 Å². The lowest BCUT2D eigenvalue weighted by molar-refractivity contribution is -0.127. The van der Waals surface area contributed by atoms with E-state index in [4.69, 9.17) is 4.74 Å². The van der Waals surface area contributed by atoms with E-state index >= 15 is 0 Å². The van der Waals surface area contributed by atoms with Gasteiger partial charge in [0.05, 0.1) is 7.11 Å². The monoisotopic (exact) mass is 231 g/mol. The molecule has 0 spiro atoms. The van der Waals surface area contributed by atoms with Gasteiger partial charge in [-0.15, -0.1) is 0 Å². The molecule has 3 nitrogen and oxygen atoms in total. The summed E-state index contributed by atoms with van der Waals surface area (Å²) in [6, 6.07) is 8.60. The second kappa shape index (κ2) is 4.06. The van der Waals surface area contributed by atoms with E-state index in [1.807, 2.05) is 12.1 Å². The maximum atomic E-state index is 11.9. The molecule has 2 fully saturated rings. The fraction of sp³-hybridized carbons (Fsp3) is 0.500. The van der Waals surface area contributed by atoms with E-state index in [2.05, 4.69) is 17.0 Å².